The molecule has 0 radical (unpaired) electrons. The summed E-state index contributed by atoms with van der Waals surface area (Å²) < 4.78 is 0. The van der Waals surface area contributed by atoms with Crippen molar-refractivity contribution < 1.29 is 5.11 Å². The highest BCUT2D eigenvalue weighted by Crippen LogP contribution is 2.65. The normalized spacial score (nSPS) is 48.4. The van der Waals surface area contributed by atoms with E-state index in [0.29, 0.717) is 10.8 Å². The maximum atomic E-state index is 9.81. The zero-order chi connectivity index (χ0) is 15.6. The van der Waals surface area contributed by atoms with E-state index in [9.17, 15) is 5.11 Å². The van der Waals surface area contributed by atoms with E-state index in [-0.39, 0.29) is 11.5 Å². The molecule has 4 bridgehead atoms. The monoisotopic (exact) mass is 290 g/mol. The van der Waals surface area contributed by atoms with Gasteiger partial charge in [-0.2, -0.15) is 0 Å². The van der Waals surface area contributed by atoms with Crippen LogP contribution < -0.4 is 0 Å². The second kappa shape index (κ2) is 4.60. The molecule has 1 heteroatoms. The third-order valence-corrected chi connectivity index (χ3v) is 8.52. The Labute approximate surface area is 131 Å². The molecule has 4 saturated carbocycles. The first-order valence-electron chi connectivity index (χ1n) is 8.98. The molecular weight excluding hydrogens is 256 g/mol. The summed E-state index contributed by atoms with van der Waals surface area (Å²) in [6.45, 7) is 15.8. The molecule has 4 aliphatic carbocycles. The van der Waals surface area contributed by atoms with E-state index >= 15 is 0 Å². The van der Waals surface area contributed by atoms with Crippen LogP contribution in [0.15, 0.2) is 12.2 Å². The molecule has 0 amide bonds. The molecular formula is C20H34O. The van der Waals surface area contributed by atoms with Crippen molar-refractivity contribution in [2.24, 2.45) is 34.0 Å². The van der Waals surface area contributed by atoms with Crippen LogP contribution in [0.1, 0.15) is 73.1 Å². The van der Waals surface area contributed by atoms with Gasteiger partial charge in [0.1, 0.15) is 0 Å². The molecule has 0 aromatic heterocycles. The third kappa shape index (κ3) is 1.99. The lowest BCUT2D eigenvalue weighted by Crippen LogP contribution is -2.35. The summed E-state index contributed by atoms with van der Waals surface area (Å²) in [4.78, 5) is 0. The minimum absolute atomic E-state index is 0.0313. The second-order valence-corrected chi connectivity index (χ2v) is 9.58. The minimum atomic E-state index is -0.0313. The molecule has 0 spiro atoms. The van der Waals surface area contributed by atoms with E-state index in [0.717, 1.165) is 24.2 Å². The SMILES string of the molecule is C=C1C2CCC(C2)C1(C)C.CC1(C)C2CCC1(C)C(O)C2. The van der Waals surface area contributed by atoms with E-state index in [4.69, 9.17) is 0 Å². The Morgan fingerprint density at radius 2 is 1.62 bits per heavy atom. The molecule has 5 unspecified atom stereocenters. The fraction of sp³-hybridized carbons (Fsp3) is 0.900. The van der Waals surface area contributed by atoms with Crippen LogP contribution in [0.3, 0.4) is 0 Å². The van der Waals surface area contributed by atoms with Gasteiger partial charge in [-0.15, -0.1) is 0 Å². The van der Waals surface area contributed by atoms with Crippen LogP contribution in [0.4, 0.5) is 0 Å². The first kappa shape index (κ1) is 15.6. The minimum Gasteiger partial charge on any atom is -0.393 e. The van der Waals surface area contributed by atoms with Crippen molar-refractivity contribution in [3.8, 4) is 0 Å². The first-order valence-corrected chi connectivity index (χ1v) is 8.98. The summed E-state index contributed by atoms with van der Waals surface area (Å²) in [6.07, 6.45) is 7.89. The summed E-state index contributed by atoms with van der Waals surface area (Å²) in [5.74, 6) is 2.63. The number of fused-ring (bicyclic) bond motifs is 4. The van der Waals surface area contributed by atoms with Crippen LogP contribution >= 0.6 is 0 Å². The Bertz CT molecular complexity index is 447. The predicted octanol–water partition coefficient (Wildman–Crippen LogP) is 5.19. The molecule has 21 heavy (non-hydrogen) atoms. The van der Waals surface area contributed by atoms with Crippen molar-refractivity contribution in [1.29, 1.82) is 0 Å². The molecule has 0 aromatic rings. The molecule has 120 valence electrons. The number of aliphatic hydroxyl groups is 1. The van der Waals surface area contributed by atoms with E-state index in [1.54, 1.807) is 0 Å². The van der Waals surface area contributed by atoms with Crippen LogP contribution in [0.2, 0.25) is 0 Å². The maximum Gasteiger partial charge on any atom is 0.0601 e. The van der Waals surface area contributed by atoms with Gasteiger partial charge in [-0.3, -0.25) is 0 Å². The molecule has 0 heterocycles. The van der Waals surface area contributed by atoms with Crippen molar-refractivity contribution in [1.82, 2.24) is 0 Å². The summed E-state index contributed by atoms with van der Waals surface area (Å²) in [6, 6.07) is 0. The van der Waals surface area contributed by atoms with Crippen LogP contribution in [0.25, 0.3) is 0 Å². The van der Waals surface area contributed by atoms with Gasteiger partial charge in [0, 0.05) is 0 Å². The average molecular weight is 290 g/mol. The summed E-state index contributed by atoms with van der Waals surface area (Å²) in [5.41, 5.74) is 2.61. The fourth-order valence-electron chi connectivity index (χ4n) is 5.90. The van der Waals surface area contributed by atoms with Gasteiger partial charge in [0.05, 0.1) is 6.10 Å². The number of hydrogen-bond acceptors (Lipinski definition) is 1. The Morgan fingerprint density at radius 1 is 0.952 bits per heavy atom. The highest BCUT2D eigenvalue weighted by atomic mass is 16.3. The van der Waals surface area contributed by atoms with Gasteiger partial charge in [-0.25, -0.2) is 0 Å². The van der Waals surface area contributed by atoms with Gasteiger partial charge in [-0.05, 0) is 72.5 Å². The molecule has 5 atom stereocenters. The zero-order valence-electron chi connectivity index (χ0n) is 14.7. The fourth-order valence-corrected chi connectivity index (χ4v) is 5.90. The van der Waals surface area contributed by atoms with Crippen LogP contribution in [0, 0.1) is 34.0 Å². The van der Waals surface area contributed by atoms with Gasteiger partial charge in [0.2, 0.25) is 0 Å². The van der Waals surface area contributed by atoms with E-state index in [1.165, 1.54) is 37.7 Å². The maximum absolute atomic E-state index is 9.81. The quantitative estimate of drug-likeness (QED) is 0.608. The molecule has 4 fully saturated rings. The third-order valence-electron chi connectivity index (χ3n) is 8.52. The van der Waals surface area contributed by atoms with Crippen molar-refractivity contribution in [3.05, 3.63) is 12.2 Å². The standard InChI is InChI=1S/C10H18O.C10H16/c1-9(2)7-4-5-10(9,3)8(11)6-7;1-7-8-4-5-9(6-8)10(7,2)3/h7-8,11H,4-6H2,1-3H3;8-9H,1,4-6H2,2-3H3. The van der Waals surface area contributed by atoms with Gasteiger partial charge in [0.15, 0.2) is 0 Å². The van der Waals surface area contributed by atoms with Gasteiger partial charge >= 0.3 is 0 Å². The van der Waals surface area contributed by atoms with Crippen molar-refractivity contribution in [2.45, 2.75) is 79.2 Å². The Balaban J connectivity index is 0.000000126. The lowest BCUT2D eigenvalue weighted by molar-refractivity contribution is 0.0126. The van der Waals surface area contributed by atoms with Gasteiger partial charge in [0.25, 0.3) is 0 Å². The first-order chi connectivity index (χ1) is 9.60. The number of allylic oxidation sites excluding steroid dienone is 1. The van der Waals surface area contributed by atoms with E-state index < -0.39 is 0 Å². The van der Waals surface area contributed by atoms with Crippen LogP contribution in [0.5, 0.6) is 0 Å². The highest BCUT2D eigenvalue weighted by Gasteiger charge is 2.60. The summed E-state index contributed by atoms with van der Waals surface area (Å²) in [5, 5.41) is 9.81. The summed E-state index contributed by atoms with van der Waals surface area (Å²) in [7, 11) is 0. The largest absolute Gasteiger partial charge is 0.393 e. The Hall–Kier alpha value is -0.300. The highest BCUT2D eigenvalue weighted by molar-refractivity contribution is 5.22. The topological polar surface area (TPSA) is 20.2 Å². The van der Waals surface area contributed by atoms with Gasteiger partial charge < -0.3 is 5.11 Å². The molecule has 1 nitrogen and oxygen atoms in total. The lowest BCUT2D eigenvalue weighted by atomic mass is 9.70. The Morgan fingerprint density at radius 3 is 1.86 bits per heavy atom. The molecule has 0 saturated heterocycles. The Kier molecular flexibility index (Phi) is 3.41. The predicted molar refractivity (Wildman–Crippen MR) is 89.0 cm³/mol. The summed E-state index contributed by atoms with van der Waals surface area (Å²) >= 11 is 0. The van der Waals surface area contributed by atoms with Crippen molar-refractivity contribution in [2.75, 3.05) is 0 Å². The average Bonchev–Trinajstić information content (AvgIpc) is 3.06. The van der Waals surface area contributed by atoms with Crippen molar-refractivity contribution in [3.63, 3.8) is 0 Å². The van der Waals surface area contributed by atoms with Crippen LogP contribution in [-0.4, -0.2) is 11.2 Å². The van der Waals surface area contributed by atoms with E-state index in [1.807, 2.05) is 0 Å². The zero-order valence-corrected chi connectivity index (χ0v) is 14.7. The molecule has 0 aromatic carbocycles. The second-order valence-electron chi connectivity index (χ2n) is 9.58. The van der Waals surface area contributed by atoms with Crippen LogP contribution in [-0.2, 0) is 0 Å². The number of aliphatic hydroxyl groups excluding tert-OH is 1. The van der Waals surface area contributed by atoms with Gasteiger partial charge in [-0.1, -0.05) is 46.8 Å². The van der Waals surface area contributed by atoms with E-state index in [2.05, 4.69) is 41.2 Å². The molecule has 1 N–H and O–H groups in total. The number of hydrogen-bond donors (Lipinski definition) is 1. The number of rotatable bonds is 0. The smallest absolute Gasteiger partial charge is 0.0601 e. The molecule has 4 rings (SSSR count). The van der Waals surface area contributed by atoms with Crippen molar-refractivity contribution >= 4 is 0 Å². The molecule has 0 aliphatic heterocycles. The molecule has 4 aliphatic rings. The lowest BCUT2D eigenvalue weighted by Gasteiger charge is -2.36.